The van der Waals surface area contributed by atoms with Crippen LogP contribution >= 0.6 is 17.0 Å². The number of carboxylic acids is 1. The van der Waals surface area contributed by atoms with Gasteiger partial charge in [-0.15, -0.1) is 17.0 Å². The number of piperidine rings is 1. The molecule has 38 heavy (non-hydrogen) atoms. The second kappa shape index (κ2) is 12.5. The van der Waals surface area contributed by atoms with Gasteiger partial charge in [-0.1, -0.05) is 91.0 Å². The number of amides is 1. The number of benzene rings is 3. The molecule has 1 N–H and O–H groups in total. The Balaban J connectivity index is 0.00000336. The van der Waals surface area contributed by atoms with Gasteiger partial charge in [-0.25, -0.2) is 5.01 Å². The highest BCUT2D eigenvalue weighted by Crippen LogP contribution is 2.42. The molecule has 0 bridgehead atoms. The first kappa shape index (κ1) is 27.7. The molecule has 0 unspecified atom stereocenters. The van der Waals surface area contributed by atoms with Crippen molar-refractivity contribution < 1.29 is 14.7 Å². The minimum absolute atomic E-state index is 0. The Hall–Kier alpha value is -3.29. The molecule has 0 aromatic heterocycles. The lowest BCUT2D eigenvalue weighted by molar-refractivity contribution is -0.140. The van der Waals surface area contributed by atoms with Crippen LogP contribution in [0, 0.1) is 5.41 Å². The molecule has 0 atom stereocenters. The van der Waals surface area contributed by atoms with Crippen LogP contribution in [0.3, 0.4) is 0 Å². The second-order valence-corrected chi connectivity index (χ2v) is 9.97. The minimum atomic E-state index is -0.925. The van der Waals surface area contributed by atoms with Crippen molar-refractivity contribution in [2.24, 2.45) is 10.5 Å². The third-order valence-electron chi connectivity index (χ3n) is 7.75. The number of carbonyl (C=O) groups excluding carboxylic acids is 1. The molecule has 2 heterocycles. The zero-order valence-corrected chi connectivity index (χ0v) is 23.1. The molecule has 5 rings (SSSR count). The van der Waals surface area contributed by atoms with Gasteiger partial charge >= 0.3 is 5.97 Å². The van der Waals surface area contributed by atoms with Gasteiger partial charge < -0.3 is 10.0 Å². The van der Waals surface area contributed by atoms with Gasteiger partial charge in [-0.2, -0.15) is 5.10 Å². The summed E-state index contributed by atoms with van der Waals surface area (Å²) in [6, 6.07) is 31.2. The van der Waals surface area contributed by atoms with Crippen LogP contribution in [0.15, 0.2) is 96.1 Å². The number of carboxylic acid groups (broad SMARTS) is 1. The van der Waals surface area contributed by atoms with Crippen LogP contribution in [-0.4, -0.2) is 58.8 Å². The standard InChI is InChI=1S/C31H33N3O3.BrH/c35-28(36)17-21-34-30(37)31(29(32-34)26-14-8-3-9-15-26)18-22-33(23-19-31)20-16-27(24-10-4-1-5-11-24)25-12-6-2-7-13-25;/h1-15,27H,16-23H2,(H,35,36);1H. The maximum atomic E-state index is 13.6. The van der Waals surface area contributed by atoms with E-state index in [-0.39, 0.29) is 35.9 Å². The summed E-state index contributed by atoms with van der Waals surface area (Å²) in [5, 5.41) is 15.2. The molecule has 198 valence electrons. The monoisotopic (exact) mass is 575 g/mol. The van der Waals surface area contributed by atoms with E-state index in [1.807, 2.05) is 30.3 Å². The van der Waals surface area contributed by atoms with E-state index in [9.17, 15) is 9.59 Å². The van der Waals surface area contributed by atoms with Crippen LogP contribution in [0.4, 0.5) is 0 Å². The van der Waals surface area contributed by atoms with Crippen LogP contribution in [0.2, 0.25) is 0 Å². The van der Waals surface area contributed by atoms with Crippen molar-refractivity contribution in [2.75, 3.05) is 26.2 Å². The lowest BCUT2D eigenvalue weighted by atomic mass is 9.72. The number of carbonyl (C=O) groups is 2. The summed E-state index contributed by atoms with van der Waals surface area (Å²) in [4.78, 5) is 27.2. The average molecular weight is 577 g/mol. The average Bonchev–Trinajstić information content (AvgIpc) is 3.21. The van der Waals surface area contributed by atoms with Crippen molar-refractivity contribution in [3.8, 4) is 0 Å². The maximum absolute atomic E-state index is 13.6. The molecule has 2 aliphatic rings. The Labute approximate surface area is 234 Å². The molecule has 3 aromatic carbocycles. The Kier molecular flexibility index (Phi) is 9.13. The zero-order valence-electron chi connectivity index (χ0n) is 21.4. The Morgan fingerprint density at radius 2 is 1.37 bits per heavy atom. The second-order valence-electron chi connectivity index (χ2n) is 9.97. The van der Waals surface area contributed by atoms with Crippen molar-refractivity contribution >= 4 is 34.6 Å². The van der Waals surface area contributed by atoms with Crippen molar-refractivity contribution in [3.63, 3.8) is 0 Å². The molecule has 0 saturated carbocycles. The molecule has 6 nitrogen and oxygen atoms in total. The first-order valence-electron chi connectivity index (χ1n) is 13.1. The topological polar surface area (TPSA) is 73.2 Å². The molecule has 1 fully saturated rings. The normalized spacial score (nSPS) is 16.9. The Morgan fingerprint density at radius 1 is 0.842 bits per heavy atom. The van der Waals surface area contributed by atoms with Gasteiger partial charge in [-0.05, 0) is 55.6 Å². The fourth-order valence-corrected chi connectivity index (χ4v) is 5.71. The first-order chi connectivity index (χ1) is 18.1. The smallest absolute Gasteiger partial charge is 0.305 e. The fourth-order valence-electron chi connectivity index (χ4n) is 5.71. The number of rotatable bonds is 9. The molecular weight excluding hydrogens is 542 g/mol. The highest BCUT2D eigenvalue weighted by Gasteiger charge is 2.52. The number of hydrazone groups is 1. The van der Waals surface area contributed by atoms with E-state index in [2.05, 4.69) is 70.7 Å². The fraction of sp³-hybridized carbons (Fsp3) is 0.323. The molecule has 3 aromatic rings. The van der Waals surface area contributed by atoms with Crippen LogP contribution in [-0.2, 0) is 9.59 Å². The van der Waals surface area contributed by atoms with Gasteiger partial charge in [0.05, 0.1) is 24.1 Å². The lowest BCUT2D eigenvalue weighted by Crippen LogP contribution is -2.49. The number of nitrogens with zero attached hydrogens (tertiary/aromatic N) is 3. The van der Waals surface area contributed by atoms with E-state index in [4.69, 9.17) is 5.11 Å². The van der Waals surface area contributed by atoms with E-state index in [0.29, 0.717) is 18.8 Å². The largest absolute Gasteiger partial charge is 0.481 e. The molecule has 1 saturated heterocycles. The Morgan fingerprint density at radius 3 is 1.89 bits per heavy atom. The van der Waals surface area contributed by atoms with Gasteiger partial charge in [-0.3, -0.25) is 9.59 Å². The van der Waals surface area contributed by atoms with Crippen LogP contribution in [0.1, 0.15) is 48.3 Å². The number of hydrogen-bond acceptors (Lipinski definition) is 4. The number of hydrogen-bond donors (Lipinski definition) is 1. The van der Waals surface area contributed by atoms with Crippen LogP contribution < -0.4 is 0 Å². The van der Waals surface area contributed by atoms with E-state index in [0.717, 1.165) is 37.3 Å². The lowest BCUT2D eigenvalue weighted by Gasteiger charge is -2.39. The minimum Gasteiger partial charge on any atom is -0.481 e. The molecule has 1 spiro atoms. The van der Waals surface area contributed by atoms with E-state index < -0.39 is 11.4 Å². The SMILES string of the molecule is Br.O=C(O)CCN1N=C(c2ccccc2)C2(CCN(CCC(c3ccccc3)c3ccccc3)CC2)C1=O. The summed E-state index contributed by atoms with van der Waals surface area (Å²) < 4.78 is 0. The third kappa shape index (κ3) is 5.89. The van der Waals surface area contributed by atoms with Crippen LogP contribution in [0.5, 0.6) is 0 Å². The summed E-state index contributed by atoms with van der Waals surface area (Å²) >= 11 is 0. The predicted octanol–water partition coefficient (Wildman–Crippen LogP) is 5.59. The number of likely N-dealkylation sites (tertiary alicyclic amines) is 1. The summed E-state index contributed by atoms with van der Waals surface area (Å²) in [7, 11) is 0. The molecule has 1 amide bonds. The summed E-state index contributed by atoms with van der Waals surface area (Å²) in [5.41, 5.74) is 3.68. The van der Waals surface area contributed by atoms with Gasteiger partial charge in [0.2, 0.25) is 0 Å². The number of halogens is 1. The first-order valence-corrected chi connectivity index (χ1v) is 13.1. The van der Waals surface area contributed by atoms with E-state index in [1.165, 1.54) is 16.1 Å². The highest BCUT2D eigenvalue weighted by atomic mass is 79.9. The summed E-state index contributed by atoms with van der Waals surface area (Å²) in [5.74, 6) is -0.663. The Bertz CT molecular complexity index is 1200. The van der Waals surface area contributed by atoms with Gasteiger partial charge in [0.1, 0.15) is 0 Å². The zero-order chi connectivity index (χ0) is 25.7. The van der Waals surface area contributed by atoms with Crippen molar-refractivity contribution in [2.45, 2.75) is 31.6 Å². The van der Waals surface area contributed by atoms with Crippen LogP contribution in [0.25, 0.3) is 0 Å². The van der Waals surface area contributed by atoms with E-state index in [1.54, 1.807) is 0 Å². The quantitative estimate of drug-likeness (QED) is 0.361. The summed E-state index contributed by atoms with van der Waals surface area (Å²) in [6.07, 6.45) is 2.26. The van der Waals surface area contributed by atoms with Crippen molar-refractivity contribution in [3.05, 3.63) is 108 Å². The molecule has 2 aliphatic heterocycles. The molecule has 0 radical (unpaired) electrons. The molecule has 7 heteroatoms. The van der Waals surface area contributed by atoms with E-state index >= 15 is 0 Å². The third-order valence-corrected chi connectivity index (χ3v) is 7.75. The van der Waals surface area contributed by atoms with Crippen molar-refractivity contribution in [1.82, 2.24) is 9.91 Å². The maximum Gasteiger partial charge on any atom is 0.305 e. The predicted molar refractivity (Wildman–Crippen MR) is 155 cm³/mol. The van der Waals surface area contributed by atoms with Gasteiger partial charge in [0, 0.05) is 5.92 Å². The number of aliphatic carboxylic acids is 1. The van der Waals surface area contributed by atoms with Gasteiger partial charge in [0.25, 0.3) is 5.91 Å². The van der Waals surface area contributed by atoms with Gasteiger partial charge in [0.15, 0.2) is 0 Å². The molecular formula is C31H34BrN3O3. The summed E-state index contributed by atoms with van der Waals surface area (Å²) in [6.45, 7) is 2.66. The molecule has 0 aliphatic carbocycles. The highest BCUT2D eigenvalue weighted by molar-refractivity contribution is 8.93. The van der Waals surface area contributed by atoms with Crippen molar-refractivity contribution in [1.29, 1.82) is 0 Å².